The molecule has 0 bridgehead atoms. The van der Waals surface area contributed by atoms with Crippen molar-refractivity contribution in [1.29, 1.82) is 0 Å². The summed E-state index contributed by atoms with van der Waals surface area (Å²) in [5.41, 5.74) is 0. The van der Waals surface area contributed by atoms with Crippen LogP contribution in [0.2, 0.25) is 0 Å². The molecule has 2 atom stereocenters. The summed E-state index contributed by atoms with van der Waals surface area (Å²) in [4.78, 5) is 37.5. The van der Waals surface area contributed by atoms with E-state index in [4.69, 9.17) is 18.9 Å². The number of carbonyl (C=O) groups is 3. The zero-order valence-corrected chi connectivity index (χ0v) is 53.5. The lowest BCUT2D eigenvalue weighted by Crippen LogP contribution is -2.40. The van der Waals surface area contributed by atoms with Gasteiger partial charge >= 0.3 is 17.9 Å². The number of quaternary nitrogens is 1. The third-order valence-corrected chi connectivity index (χ3v) is 13.6. The van der Waals surface area contributed by atoms with Gasteiger partial charge < -0.3 is 28.5 Å². The zero-order chi connectivity index (χ0) is 60.5. The van der Waals surface area contributed by atoms with E-state index < -0.39 is 24.3 Å². The Balaban J connectivity index is 4.23. The maximum atomic E-state index is 12.9. The van der Waals surface area contributed by atoms with Gasteiger partial charge in [-0.1, -0.05) is 275 Å². The molecule has 0 aromatic carbocycles. The van der Waals surface area contributed by atoms with Crippen LogP contribution in [0.25, 0.3) is 0 Å². The highest BCUT2D eigenvalue weighted by atomic mass is 16.7. The number of hydrogen-bond donors (Lipinski definition) is 1. The topological polar surface area (TPSA) is 108 Å². The van der Waals surface area contributed by atoms with Crippen LogP contribution >= 0.6 is 0 Å². The number of unbranched alkanes of at least 4 members (excludes halogenated alkanes) is 20. The minimum Gasteiger partial charge on any atom is -0.477 e. The highest BCUT2D eigenvalue weighted by molar-refractivity contribution is 5.71. The molecule has 9 nitrogen and oxygen atoms in total. The van der Waals surface area contributed by atoms with Crippen molar-refractivity contribution in [2.24, 2.45) is 0 Å². The van der Waals surface area contributed by atoms with Gasteiger partial charge in [-0.05, 0) is 103 Å². The molecular formula is C74H122NO8+. The van der Waals surface area contributed by atoms with Crippen molar-refractivity contribution in [3.63, 3.8) is 0 Å². The third-order valence-electron chi connectivity index (χ3n) is 13.6. The number of hydrogen-bond acceptors (Lipinski definition) is 7. The van der Waals surface area contributed by atoms with Gasteiger partial charge in [-0.15, -0.1) is 0 Å². The van der Waals surface area contributed by atoms with Gasteiger partial charge in [0.15, 0.2) is 6.10 Å². The smallest absolute Gasteiger partial charge is 0.361 e. The molecule has 2 unspecified atom stereocenters. The highest BCUT2D eigenvalue weighted by Crippen LogP contribution is 2.16. The van der Waals surface area contributed by atoms with Gasteiger partial charge in [0.1, 0.15) is 13.2 Å². The first-order valence-corrected chi connectivity index (χ1v) is 33.0. The second-order valence-electron chi connectivity index (χ2n) is 22.7. The summed E-state index contributed by atoms with van der Waals surface area (Å²) < 4.78 is 22.9. The second-order valence-corrected chi connectivity index (χ2v) is 22.7. The Morgan fingerprint density at radius 1 is 0.373 bits per heavy atom. The number of carboxylic acids is 1. The van der Waals surface area contributed by atoms with Crippen LogP contribution in [0, 0.1) is 0 Å². The van der Waals surface area contributed by atoms with Crippen LogP contribution in [0.15, 0.2) is 146 Å². The average Bonchev–Trinajstić information content (AvgIpc) is 3.46. The molecule has 0 aliphatic heterocycles. The Hall–Kier alpha value is -4.83. The van der Waals surface area contributed by atoms with Crippen LogP contribution in [-0.2, 0) is 33.3 Å². The molecule has 0 fully saturated rings. The second kappa shape index (κ2) is 63.2. The van der Waals surface area contributed by atoms with Gasteiger partial charge in [0.2, 0.25) is 0 Å². The highest BCUT2D eigenvalue weighted by Gasteiger charge is 2.25. The molecule has 83 heavy (non-hydrogen) atoms. The van der Waals surface area contributed by atoms with Gasteiger partial charge in [-0.3, -0.25) is 9.59 Å². The number of ether oxygens (including phenoxy) is 4. The van der Waals surface area contributed by atoms with Crippen LogP contribution in [-0.4, -0.2) is 87.4 Å². The van der Waals surface area contributed by atoms with Crippen LogP contribution in [0.3, 0.4) is 0 Å². The first kappa shape index (κ1) is 78.2. The van der Waals surface area contributed by atoms with Gasteiger partial charge in [-0.25, -0.2) is 4.79 Å². The van der Waals surface area contributed by atoms with Crippen molar-refractivity contribution in [2.45, 2.75) is 257 Å². The molecule has 9 heteroatoms. The molecule has 0 aromatic heterocycles. The SMILES string of the molecule is CC/C=C\C/C=C\C/C=C\C/C=C\C/C=C\C/C=C\C/C=C\C/C=C\C/C=C\C/C=C\C/C=C\C/C=C\CCCCCCC(=O)OC(COC(=O)CCCCCCCCCCCCCCCCCCC)COC(OCC[N+](C)(C)C)C(=O)O. The Labute approximate surface area is 509 Å². The normalized spacial score (nSPS) is 13.7. The fourth-order valence-corrected chi connectivity index (χ4v) is 8.58. The first-order valence-electron chi connectivity index (χ1n) is 33.0. The zero-order valence-electron chi connectivity index (χ0n) is 53.5. The summed E-state index contributed by atoms with van der Waals surface area (Å²) in [6.45, 7) is 4.73. The number of carboxylic acid groups (broad SMARTS) is 1. The molecule has 0 saturated heterocycles. The van der Waals surface area contributed by atoms with E-state index in [0.717, 1.165) is 122 Å². The van der Waals surface area contributed by atoms with E-state index in [2.05, 4.69) is 160 Å². The molecule has 0 radical (unpaired) electrons. The predicted octanol–water partition coefficient (Wildman–Crippen LogP) is 20.3. The molecule has 0 aliphatic rings. The number of nitrogens with zero attached hydrogens (tertiary/aromatic N) is 1. The van der Waals surface area contributed by atoms with Gasteiger partial charge in [0, 0.05) is 12.8 Å². The molecule has 470 valence electrons. The predicted molar refractivity (Wildman–Crippen MR) is 354 cm³/mol. The van der Waals surface area contributed by atoms with E-state index >= 15 is 0 Å². The van der Waals surface area contributed by atoms with Crippen molar-refractivity contribution in [3.05, 3.63) is 146 Å². The quantitative estimate of drug-likeness (QED) is 0.0211. The van der Waals surface area contributed by atoms with Crippen molar-refractivity contribution in [1.82, 2.24) is 0 Å². The largest absolute Gasteiger partial charge is 0.477 e. The number of carbonyl (C=O) groups excluding carboxylic acids is 2. The Morgan fingerprint density at radius 2 is 0.687 bits per heavy atom. The number of likely N-dealkylation sites (N-methyl/N-ethyl adjacent to an activating group) is 1. The standard InChI is InChI=1S/C74H121NO8/c1-6-8-10-12-14-16-18-20-22-24-25-26-27-28-29-30-31-32-33-34-35-36-37-38-39-40-41-42-43-44-45-46-47-49-51-53-55-57-59-61-63-65-72(77)83-70(69-82-74(73(78)79)80-67-66-75(3,4)5)68-81-71(76)64-62-60-58-56-54-52-50-48-23-21-19-17-15-13-11-9-7-2/h8,10,14,16,20,22,25-26,28-29,31-32,34-35,37-38,40-41,43-44,46-47,51,53,70,74H,6-7,9,11-13,15,17-19,21,23-24,27,30,33,36,39,42,45,48-50,52,54-69H2,1-5H3/p+1/b10-8-,16-14-,22-20-,26-25-,29-28-,32-31-,35-34-,38-37-,41-40-,44-43-,47-46-,53-51-. The Morgan fingerprint density at radius 3 is 1.02 bits per heavy atom. The van der Waals surface area contributed by atoms with E-state index in [0.29, 0.717) is 23.9 Å². The maximum absolute atomic E-state index is 12.9. The van der Waals surface area contributed by atoms with Gasteiger partial charge in [-0.2, -0.15) is 0 Å². The Bertz CT molecular complexity index is 1870. The average molecular weight is 1150 g/mol. The molecule has 0 aromatic rings. The van der Waals surface area contributed by atoms with E-state index in [1.54, 1.807) is 0 Å². The van der Waals surface area contributed by atoms with E-state index in [1.807, 2.05) is 21.1 Å². The summed E-state index contributed by atoms with van der Waals surface area (Å²) in [5.74, 6) is -2.05. The number of esters is 2. The molecule has 1 N–H and O–H groups in total. The molecule has 0 heterocycles. The lowest BCUT2D eigenvalue weighted by Gasteiger charge is -2.25. The minimum absolute atomic E-state index is 0.176. The van der Waals surface area contributed by atoms with Gasteiger partial charge in [0.05, 0.1) is 34.4 Å². The van der Waals surface area contributed by atoms with Crippen molar-refractivity contribution in [2.75, 3.05) is 47.5 Å². The van der Waals surface area contributed by atoms with Crippen molar-refractivity contribution < 1.29 is 42.9 Å². The lowest BCUT2D eigenvalue weighted by molar-refractivity contribution is -0.870. The molecular weight excluding hydrogens is 1030 g/mol. The molecule has 0 aliphatic carbocycles. The molecule has 0 rings (SSSR count). The summed E-state index contributed by atoms with van der Waals surface area (Å²) >= 11 is 0. The van der Waals surface area contributed by atoms with Crippen LogP contribution < -0.4 is 0 Å². The van der Waals surface area contributed by atoms with Crippen molar-refractivity contribution in [3.8, 4) is 0 Å². The number of allylic oxidation sites excluding steroid dienone is 24. The fourth-order valence-electron chi connectivity index (χ4n) is 8.58. The lowest BCUT2D eigenvalue weighted by atomic mass is 10.0. The molecule has 0 spiro atoms. The molecule has 0 saturated carbocycles. The minimum atomic E-state index is -1.52. The maximum Gasteiger partial charge on any atom is 0.361 e. The van der Waals surface area contributed by atoms with E-state index in [9.17, 15) is 19.5 Å². The monoisotopic (exact) mass is 1150 g/mol. The van der Waals surface area contributed by atoms with Crippen molar-refractivity contribution >= 4 is 17.9 Å². The van der Waals surface area contributed by atoms with Gasteiger partial charge in [0.25, 0.3) is 6.29 Å². The summed E-state index contributed by atoms with van der Waals surface area (Å²) in [6.07, 6.45) is 89.5. The first-order chi connectivity index (χ1) is 40.6. The van der Waals surface area contributed by atoms with Crippen LogP contribution in [0.1, 0.15) is 245 Å². The number of rotatable bonds is 59. The Kier molecular flexibility index (Phi) is 59.5. The third kappa shape index (κ3) is 64.6. The number of aliphatic carboxylic acids is 1. The summed E-state index contributed by atoms with van der Waals surface area (Å²) in [5, 5.41) is 9.72. The molecule has 0 amide bonds. The summed E-state index contributed by atoms with van der Waals surface area (Å²) in [7, 11) is 5.95. The summed E-state index contributed by atoms with van der Waals surface area (Å²) in [6, 6.07) is 0. The van der Waals surface area contributed by atoms with Crippen LogP contribution in [0.5, 0.6) is 0 Å². The van der Waals surface area contributed by atoms with E-state index in [1.165, 1.54) is 89.9 Å². The van der Waals surface area contributed by atoms with E-state index in [-0.39, 0.29) is 32.2 Å². The fraction of sp³-hybridized carbons (Fsp3) is 0.635. The van der Waals surface area contributed by atoms with Crippen LogP contribution in [0.4, 0.5) is 0 Å².